The summed E-state index contributed by atoms with van der Waals surface area (Å²) in [7, 11) is 0. The molecular formula is C11H9BrFNO2. The summed E-state index contributed by atoms with van der Waals surface area (Å²) in [5.74, 6) is -0.712. The smallest absolute Gasteiger partial charge is 0.234 e. The van der Waals surface area contributed by atoms with Crippen molar-refractivity contribution in [2.75, 3.05) is 11.4 Å². The Morgan fingerprint density at radius 1 is 1.38 bits per heavy atom. The molecule has 5 heteroatoms. The maximum Gasteiger partial charge on any atom is 0.234 e. The van der Waals surface area contributed by atoms with Crippen molar-refractivity contribution in [3.8, 4) is 0 Å². The van der Waals surface area contributed by atoms with E-state index in [-0.39, 0.29) is 30.5 Å². The number of hydrogen-bond donors (Lipinski definition) is 0. The zero-order valence-corrected chi connectivity index (χ0v) is 10.2. The van der Waals surface area contributed by atoms with Gasteiger partial charge in [-0.3, -0.25) is 9.59 Å². The van der Waals surface area contributed by atoms with Crippen molar-refractivity contribution in [3.05, 3.63) is 28.0 Å². The molecule has 1 saturated heterocycles. The molecule has 1 aliphatic heterocycles. The SMILES string of the molecule is Cc1cc(F)c(Br)cc1N1CC(=O)CC1=O. The Bertz CT molecular complexity index is 487. The summed E-state index contributed by atoms with van der Waals surface area (Å²) in [5, 5.41) is 0. The first-order chi connectivity index (χ1) is 7.49. The standard InChI is InChI=1S/C11H9BrFNO2/c1-6-2-9(13)8(12)4-10(6)14-5-7(15)3-11(14)16/h2,4H,3,5H2,1H3. The Hall–Kier alpha value is -1.23. The van der Waals surface area contributed by atoms with Crippen LogP contribution in [0.3, 0.4) is 0 Å². The first-order valence-electron chi connectivity index (χ1n) is 4.77. The lowest BCUT2D eigenvalue weighted by atomic mass is 10.2. The van der Waals surface area contributed by atoms with Crippen LogP contribution in [0.2, 0.25) is 0 Å². The van der Waals surface area contributed by atoms with Crippen molar-refractivity contribution in [2.45, 2.75) is 13.3 Å². The van der Waals surface area contributed by atoms with Crippen LogP contribution >= 0.6 is 15.9 Å². The van der Waals surface area contributed by atoms with E-state index >= 15 is 0 Å². The maximum atomic E-state index is 13.2. The number of nitrogens with zero attached hydrogens (tertiary/aromatic N) is 1. The molecule has 1 aromatic carbocycles. The van der Waals surface area contributed by atoms with Gasteiger partial charge in [0, 0.05) is 5.69 Å². The monoisotopic (exact) mass is 285 g/mol. The van der Waals surface area contributed by atoms with Crippen molar-refractivity contribution in [2.24, 2.45) is 0 Å². The van der Waals surface area contributed by atoms with Gasteiger partial charge in [0.05, 0.1) is 17.4 Å². The van der Waals surface area contributed by atoms with Gasteiger partial charge in [-0.2, -0.15) is 0 Å². The minimum Gasteiger partial charge on any atom is -0.304 e. The molecule has 16 heavy (non-hydrogen) atoms. The van der Waals surface area contributed by atoms with E-state index in [0.29, 0.717) is 15.7 Å². The Kier molecular flexibility index (Phi) is 2.80. The highest BCUT2D eigenvalue weighted by molar-refractivity contribution is 9.10. The van der Waals surface area contributed by atoms with Gasteiger partial charge in [-0.05, 0) is 40.5 Å². The van der Waals surface area contributed by atoms with Crippen LogP contribution in [0, 0.1) is 12.7 Å². The molecule has 0 atom stereocenters. The van der Waals surface area contributed by atoms with E-state index in [2.05, 4.69) is 15.9 Å². The number of benzene rings is 1. The Labute approximate surface area is 100 Å². The van der Waals surface area contributed by atoms with Gasteiger partial charge in [0.15, 0.2) is 5.78 Å². The number of hydrogen-bond acceptors (Lipinski definition) is 2. The van der Waals surface area contributed by atoms with Crippen molar-refractivity contribution in [3.63, 3.8) is 0 Å². The van der Waals surface area contributed by atoms with Crippen molar-refractivity contribution in [1.82, 2.24) is 0 Å². The van der Waals surface area contributed by atoms with E-state index in [1.807, 2.05) is 0 Å². The van der Waals surface area contributed by atoms with Crippen LogP contribution in [0.25, 0.3) is 0 Å². The van der Waals surface area contributed by atoms with Crippen LogP contribution in [0.1, 0.15) is 12.0 Å². The number of halogens is 2. The second-order valence-corrected chi connectivity index (χ2v) is 4.60. The van der Waals surface area contributed by atoms with E-state index in [1.54, 1.807) is 6.92 Å². The van der Waals surface area contributed by atoms with Crippen molar-refractivity contribution < 1.29 is 14.0 Å². The van der Waals surface area contributed by atoms with Gasteiger partial charge in [-0.1, -0.05) is 0 Å². The van der Waals surface area contributed by atoms with Crippen LogP contribution in [-0.2, 0) is 9.59 Å². The van der Waals surface area contributed by atoms with Crippen LogP contribution < -0.4 is 4.90 Å². The second-order valence-electron chi connectivity index (χ2n) is 3.75. The van der Waals surface area contributed by atoms with E-state index in [9.17, 15) is 14.0 Å². The summed E-state index contributed by atoms with van der Waals surface area (Å²) >= 11 is 3.06. The predicted molar refractivity (Wildman–Crippen MR) is 60.8 cm³/mol. The lowest BCUT2D eigenvalue weighted by molar-refractivity contribution is -0.121. The van der Waals surface area contributed by atoms with Gasteiger partial charge >= 0.3 is 0 Å². The molecule has 0 N–H and O–H groups in total. The first-order valence-corrected chi connectivity index (χ1v) is 5.56. The molecule has 0 aromatic heterocycles. The van der Waals surface area contributed by atoms with Crippen molar-refractivity contribution in [1.29, 1.82) is 0 Å². The third-order valence-electron chi connectivity index (χ3n) is 2.51. The first kappa shape index (κ1) is 11.3. The number of aryl methyl sites for hydroxylation is 1. The zero-order chi connectivity index (χ0) is 11.9. The highest BCUT2D eigenvalue weighted by Gasteiger charge is 2.29. The van der Waals surface area contributed by atoms with Gasteiger partial charge in [0.2, 0.25) is 5.91 Å². The molecular weight excluding hydrogens is 277 g/mol. The topological polar surface area (TPSA) is 37.4 Å². The molecule has 2 rings (SSSR count). The number of carbonyl (C=O) groups excluding carboxylic acids is 2. The average Bonchev–Trinajstić information content (AvgIpc) is 2.51. The highest BCUT2D eigenvalue weighted by atomic mass is 79.9. The average molecular weight is 286 g/mol. The summed E-state index contributed by atoms with van der Waals surface area (Å²) < 4.78 is 13.5. The zero-order valence-electron chi connectivity index (χ0n) is 8.59. The molecule has 1 aliphatic rings. The molecule has 0 unspecified atom stereocenters. The van der Waals surface area contributed by atoms with E-state index < -0.39 is 0 Å². The Morgan fingerprint density at radius 2 is 2.06 bits per heavy atom. The molecule has 1 aromatic rings. The summed E-state index contributed by atoms with van der Waals surface area (Å²) in [6, 6.07) is 2.87. The minimum absolute atomic E-state index is 0.0611. The lowest BCUT2D eigenvalue weighted by Gasteiger charge is -2.17. The van der Waals surface area contributed by atoms with E-state index in [1.165, 1.54) is 17.0 Å². The van der Waals surface area contributed by atoms with Crippen LogP contribution in [0.5, 0.6) is 0 Å². The number of carbonyl (C=O) groups is 2. The van der Waals surface area contributed by atoms with E-state index in [0.717, 1.165) is 0 Å². The molecule has 1 amide bonds. The largest absolute Gasteiger partial charge is 0.304 e. The number of amides is 1. The van der Waals surface area contributed by atoms with Gasteiger partial charge in [-0.25, -0.2) is 4.39 Å². The normalized spacial score (nSPS) is 16.1. The third-order valence-corrected chi connectivity index (χ3v) is 3.12. The summed E-state index contributed by atoms with van der Waals surface area (Å²) in [6.45, 7) is 1.79. The molecule has 1 fully saturated rings. The predicted octanol–water partition coefficient (Wildman–Crippen LogP) is 2.20. The Morgan fingerprint density at radius 3 is 2.62 bits per heavy atom. The minimum atomic E-state index is -0.376. The van der Waals surface area contributed by atoms with Crippen molar-refractivity contribution >= 4 is 33.3 Å². The molecule has 0 aliphatic carbocycles. The van der Waals surface area contributed by atoms with Gasteiger partial charge in [0.25, 0.3) is 0 Å². The molecule has 1 heterocycles. The Balaban J connectivity index is 2.45. The molecule has 0 bridgehead atoms. The third kappa shape index (κ3) is 1.87. The fourth-order valence-electron chi connectivity index (χ4n) is 1.73. The molecule has 0 saturated carbocycles. The fraction of sp³-hybridized carbons (Fsp3) is 0.273. The second kappa shape index (κ2) is 3.97. The summed E-state index contributed by atoms with van der Waals surface area (Å²) in [5.41, 5.74) is 1.23. The van der Waals surface area contributed by atoms with Crippen LogP contribution in [-0.4, -0.2) is 18.2 Å². The maximum absolute atomic E-state index is 13.2. The molecule has 3 nitrogen and oxygen atoms in total. The van der Waals surface area contributed by atoms with Gasteiger partial charge in [-0.15, -0.1) is 0 Å². The summed E-state index contributed by atoms with van der Waals surface area (Å²) in [4.78, 5) is 24.1. The highest BCUT2D eigenvalue weighted by Crippen LogP contribution is 2.29. The summed E-state index contributed by atoms with van der Waals surface area (Å²) in [6.07, 6.45) is -0.0611. The molecule has 0 spiro atoms. The van der Waals surface area contributed by atoms with E-state index in [4.69, 9.17) is 0 Å². The molecule has 84 valence electrons. The number of rotatable bonds is 1. The number of ketones is 1. The van der Waals surface area contributed by atoms with Crippen LogP contribution in [0.4, 0.5) is 10.1 Å². The number of anilines is 1. The van der Waals surface area contributed by atoms with Gasteiger partial charge < -0.3 is 4.90 Å². The molecule has 0 radical (unpaired) electrons. The quantitative estimate of drug-likeness (QED) is 0.742. The van der Waals surface area contributed by atoms with Crippen LogP contribution in [0.15, 0.2) is 16.6 Å². The lowest BCUT2D eigenvalue weighted by Crippen LogP contribution is -2.25. The number of Topliss-reactive ketones (excluding diaryl/α,β-unsaturated/α-hetero) is 1. The fourth-order valence-corrected chi connectivity index (χ4v) is 2.06. The van der Waals surface area contributed by atoms with Gasteiger partial charge in [0.1, 0.15) is 5.82 Å².